The topological polar surface area (TPSA) is 137 Å². The minimum absolute atomic E-state index is 0.282. The van der Waals surface area contributed by atoms with Gasteiger partial charge in [0.15, 0.2) is 0 Å². The van der Waals surface area contributed by atoms with Gasteiger partial charge in [0.05, 0.1) is 31.3 Å². The van der Waals surface area contributed by atoms with Crippen LogP contribution >= 0.6 is 0 Å². The average Bonchev–Trinajstić information content (AvgIpc) is 2.37. The van der Waals surface area contributed by atoms with Crippen LogP contribution < -0.4 is 11.1 Å². The van der Waals surface area contributed by atoms with Gasteiger partial charge in [-0.15, -0.1) is 0 Å². The highest BCUT2D eigenvalue weighted by Gasteiger charge is 2.16. The minimum Gasteiger partial charge on any atom is -0.480 e. The van der Waals surface area contributed by atoms with Gasteiger partial charge < -0.3 is 16.2 Å². The number of nitriles is 1. The zero-order valence-corrected chi connectivity index (χ0v) is 11.1. The third-order valence-corrected chi connectivity index (χ3v) is 2.40. The molecule has 1 aromatic rings. The Morgan fingerprint density at radius 3 is 2.29 bits per heavy atom. The monoisotopic (exact) mass is 290 g/mol. The summed E-state index contributed by atoms with van der Waals surface area (Å²) in [5.41, 5.74) is 5.91. The number of rotatable bonds is 7. The molecule has 0 aliphatic heterocycles. The molecule has 0 aliphatic carbocycles. The van der Waals surface area contributed by atoms with E-state index in [1.165, 1.54) is 12.1 Å². The van der Waals surface area contributed by atoms with Crippen LogP contribution in [0, 0.1) is 11.3 Å². The van der Waals surface area contributed by atoms with Gasteiger partial charge in [-0.25, -0.2) is 0 Å². The molecule has 0 bridgehead atoms. The first-order valence-corrected chi connectivity index (χ1v) is 5.93. The molecule has 0 saturated heterocycles. The van der Waals surface area contributed by atoms with Crippen LogP contribution in [0.5, 0.6) is 0 Å². The lowest BCUT2D eigenvalue weighted by Gasteiger charge is -2.17. The zero-order valence-electron chi connectivity index (χ0n) is 11.1. The van der Waals surface area contributed by atoms with E-state index >= 15 is 0 Å². The predicted octanol–water partition coefficient (Wildman–Crippen LogP) is -0.631. The quantitative estimate of drug-likeness (QED) is 0.611. The molecule has 8 nitrogen and oxygen atoms in total. The Hall–Kier alpha value is -2.92. The highest BCUT2D eigenvalue weighted by atomic mass is 16.4. The molecule has 0 saturated carbocycles. The lowest BCUT2D eigenvalue weighted by molar-refractivity contribution is -0.138. The van der Waals surface area contributed by atoms with E-state index in [1.54, 1.807) is 12.1 Å². The molecular weight excluding hydrogens is 276 g/mol. The van der Waals surface area contributed by atoms with Gasteiger partial charge in [0.25, 0.3) is 0 Å². The van der Waals surface area contributed by atoms with Gasteiger partial charge in [-0.2, -0.15) is 5.26 Å². The van der Waals surface area contributed by atoms with Crippen LogP contribution in [0.15, 0.2) is 24.3 Å². The van der Waals surface area contributed by atoms with Gasteiger partial charge >= 0.3 is 5.97 Å². The normalized spacial score (nSPS) is 9.90. The maximum absolute atomic E-state index is 11.8. The first-order chi connectivity index (χ1) is 9.90. The number of primary amides is 1. The first-order valence-electron chi connectivity index (χ1n) is 5.93. The number of aliphatic carboxylic acids is 1. The van der Waals surface area contributed by atoms with E-state index in [0.717, 1.165) is 4.90 Å². The average molecular weight is 290 g/mol. The van der Waals surface area contributed by atoms with E-state index in [-0.39, 0.29) is 13.1 Å². The minimum atomic E-state index is -1.16. The Morgan fingerprint density at radius 1 is 1.19 bits per heavy atom. The number of carbonyl (C=O) groups excluding carboxylic acids is 2. The number of hydrogen-bond acceptors (Lipinski definition) is 5. The summed E-state index contributed by atoms with van der Waals surface area (Å²) >= 11 is 0. The maximum atomic E-state index is 11.8. The number of anilines is 1. The molecule has 4 N–H and O–H groups in total. The summed E-state index contributed by atoms with van der Waals surface area (Å²) < 4.78 is 0. The van der Waals surface area contributed by atoms with Gasteiger partial charge in [-0.3, -0.25) is 19.3 Å². The van der Waals surface area contributed by atoms with Gasteiger partial charge in [-0.05, 0) is 24.3 Å². The number of nitrogens with one attached hydrogen (secondary N) is 1. The number of nitrogens with two attached hydrogens (primary N) is 1. The van der Waals surface area contributed by atoms with E-state index in [0.29, 0.717) is 11.3 Å². The summed E-state index contributed by atoms with van der Waals surface area (Å²) in [6.07, 6.45) is 0. The van der Waals surface area contributed by atoms with Crippen molar-refractivity contribution in [1.82, 2.24) is 4.90 Å². The maximum Gasteiger partial charge on any atom is 0.317 e. The first kappa shape index (κ1) is 16.1. The van der Waals surface area contributed by atoms with Crippen LogP contribution in [0.1, 0.15) is 5.56 Å². The second-order valence-electron chi connectivity index (χ2n) is 4.24. The van der Waals surface area contributed by atoms with Gasteiger partial charge in [0.1, 0.15) is 0 Å². The van der Waals surface area contributed by atoms with Gasteiger partial charge in [0, 0.05) is 5.69 Å². The molecule has 0 heterocycles. The molecule has 0 aromatic heterocycles. The summed E-state index contributed by atoms with van der Waals surface area (Å²) in [6, 6.07) is 8.11. The zero-order chi connectivity index (χ0) is 15.8. The SMILES string of the molecule is N#Cc1ccc(NC(=O)CN(CC(N)=O)CC(=O)O)cc1. The fourth-order valence-corrected chi connectivity index (χ4v) is 1.61. The second-order valence-corrected chi connectivity index (χ2v) is 4.24. The molecule has 110 valence electrons. The van der Waals surface area contributed by atoms with E-state index < -0.39 is 24.3 Å². The van der Waals surface area contributed by atoms with E-state index in [2.05, 4.69) is 5.32 Å². The van der Waals surface area contributed by atoms with Crippen LogP contribution in [0.4, 0.5) is 5.69 Å². The molecular formula is C13H14N4O4. The largest absolute Gasteiger partial charge is 0.480 e. The number of benzene rings is 1. The molecule has 0 radical (unpaired) electrons. The van der Waals surface area contributed by atoms with Crippen molar-refractivity contribution in [2.24, 2.45) is 5.73 Å². The Bertz CT molecular complexity index is 561. The van der Waals surface area contributed by atoms with Crippen molar-refractivity contribution in [3.8, 4) is 6.07 Å². The fourth-order valence-electron chi connectivity index (χ4n) is 1.61. The molecule has 0 unspecified atom stereocenters. The Kier molecular flexibility index (Phi) is 5.85. The Labute approximate surface area is 120 Å². The van der Waals surface area contributed by atoms with E-state index in [4.69, 9.17) is 16.1 Å². The molecule has 2 amide bonds. The van der Waals surface area contributed by atoms with Crippen molar-refractivity contribution < 1.29 is 19.5 Å². The lowest BCUT2D eigenvalue weighted by atomic mass is 10.2. The smallest absolute Gasteiger partial charge is 0.317 e. The summed E-state index contributed by atoms with van der Waals surface area (Å²) in [7, 11) is 0. The molecule has 1 rings (SSSR count). The summed E-state index contributed by atoms with van der Waals surface area (Å²) in [4.78, 5) is 34.4. The van der Waals surface area contributed by atoms with Crippen molar-refractivity contribution in [1.29, 1.82) is 5.26 Å². The highest BCUT2D eigenvalue weighted by molar-refractivity contribution is 5.93. The van der Waals surface area contributed by atoms with E-state index in [9.17, 15) is 14.4 Å². The van der Waals surface area contributed by atoms with Crippen molar-refractivity contribution in [3.63, 3.8) is 0 Å². The molecule has 1 aromatic carbocycles. The van der Waals surface area contributed by atoms with Crippen LogP contribution in [0.3, 0.4) is 0 Å². The number of carboxylic acid groups (broad SMARTS) is 1. The molecule has 8 heteroatoms. The van der Waals surface area contributed by atoms with Crippen LogP contribution in [0.25, 0.3) is 0 Å². The molecule has 0 fully saturated rings. The fraction of sp³-hybridized carbons (Fsp3) is 0.231. The number of amides is 2. The Balaban J connectivity index is 2.61. The number of nitrogens with zero attached hydrogens (tertiary/aromatic N) is 2. The molecule has 0 atom stereocenters. The second kappa shape index (κ2) is 7.62. The van der Waals surface area contributed by atoms with Gasteiger partial charge in [0.2, 0.25) is 11.8 Å². The summed E-state index contributed by atoms with van der Waals surface area (Å²) in [5.74, 6) is -2.37. The number of carboxylic acids is 1. The van der Waals surface area contributed by atoms with Crippen molar-refractivity contribution in [3.05, 3.63) is 29.8 Å². The Morgan fingerprint density at radius 2 is 1.81 bits per heavy atom. The lowest BCUT2D eigenvalue weighted by Crippen LogP contribution is -2.41. The number of hydrogen-bond donors (Lipinski definition) is 3. The number of carbonyl (C=O) groups is 3. The molecule has 21 heavy (non-hydrogen) atoms. The summed E-state index contributed by atoms with van der Waals surface area (Å²) in [5, 5.41) is 19.9. The standard InChI is InChI=1S/C13H14N4O4/c14-5-9-1-3-10(4-2-9)16-12(19)7-17(6-11(15)18)8-13(20)21/h1-4H,6-8H2,(H2,15,18)(H,16,19)(H,20,21). The summed E-state index contributed by atoms with van der Waals surface area (Å²) in [6.45, 7) is -1.08. The molecule has 0 spiro atoms. The van der Waals surface area contributed by atoms with Crippen LogP contribution in [0.2, 0.25) is 0 Å². The van der Waals surface area contributed by atoms with E-state index in [1.807, 2.05) is 6.07 Å². The third-order valence-electron chi connectivity index (χ3n) is 2.40. The van der Waals surface area contributed by atoms with Crippen LogP contribution in [-0.2, 0) is 14.4 Å². The van der Waals surface area contributed by atoms with Crippen LogP contribution in [-0.4, -0.2) is 47.4 Å². The van der Waals surface area contributed by atoms with Crippen molar-refractivity contribution >= 4 is 23.5 Å². The van der Waals surface area contributed by atoms with Crippen molar-refractivity contribution in [2.75, 3.05) is 25.0 Å². The predicted molar refractivity (Wildman–Crippen MR) is 73.1 cm³/mol. The third kappa shape index (κ3) is 6.17. The van der Waals surface area contributed by atoms with Gasteiger partial charge in [-0.1, -0.05) is 0 Å². The van der Waals surface area contributed by atoms with Crippen molar-refractivity contribution in [2.45, 2.75) is 0 Å². The highest BCUT2D eigenvalue weighted by Crippen LogP contribution is 2.08. The molecule has 0 aliphatic rings.